The number of hydrogen-bond donors (Lipinski definition) is 1. The number of imidazole rings is 1. The van der Waals surface area contributed by atoms with E-state index in [4.69, 9.17) is 0 Å². The molecule has 0 spiro atoms. The van der Waals surface area contributed by atoms with Gasteiger partial charge in [-0.2, -0.15) is 0 Å². The van der Waals surface area contributed by atoms with Crippen molar-refractivity contribution in [2.75, 3.05) is 26.7 Å². The number of alkyl carbamates (subject to hydrolysis) is 1. The van der Waals surface area contributed by atoms with Crippen molar-refractivity contribution in [2.24, 2.45) is 0 Å². The highest BCUT2D eigenvalue weighted by atomic mass is 16.5. The number of likely N-dealkylation sites (tertiary alicyclic amines) is 1. The van der Waals surface area contributed by atoms with E-state index in [1.54, 1.807) is 23.5 Å². The summed E-state index contributed by atoms with van der Waals surface area (Å²) in [6.45, 7) is 1.98. The van der Waals surface area contributed by atoms with E-state index in [1.165, 1.54) is 7.11 Å². The Morgan fingerprint density at radius 3 is 2.88 bits per heavy atom. The molecule has 26 heavy (non-hydrogen) atoms. The third-order valence-corrected chi connectivity index (χ3v) is 4.56. The van der Waals surface area contributed by atoms with Crippen LogP contribution in [-0.2, 0) is 16.1 Å². The molecule has 138 valence electrons. The maximum Gasteiger partial charge on any atom is 0.407 e. The third kappa shape index (κ3) is 4.38. The number of methoxy groups -OCH3 is 1. The van der Waals surface area contributed by atoms with Crippen LogP contribution in [0.15, 0.2) is 36.9 Å². The molecule has 2 amide bonds. The fraction of sp³-hybridized carbons (Fsp3) is 0.444. The zero-order valence-corrected chi connectivity index (χ0v) is 14.8. The van der Waals surface area contributed by atoms with Crippen LogP contribution in [0.4, 0.5) is 4.79 Å². The topological polar surface area (TPSA) is 89.4 Å². The summed E-state index contributed by atoms with van der Waals surface area (Å²) in [4.78, 5) is 33.8. The summed E-state index contributed by atoms with van der Waals surface area (Å²) < 4.78 is 6.63. The molecule has 0 saturated carbocycles. The van der Waals surface area contributed by atoms with E-state index in [0.717, 1.165) is 30.8 Å². The van der Waals surface area contributed by atoms with Gasteiger partial charge in [-0.15, -0.1) is 0 Å². The summed E-state index contributed by atoms with van der Waals surface area (Å²) in [7, 11) is 1.28. The predicted molar refractivity (Wildman–Crippen MR) is 94.5 cm³/mol. The van der Waals surface area contributed by atoms with Crippen molar-refractivity contribution in [3.05, 3.63) is 48.3 Å². The van der Waals surface area contributed by atoms with E-state index >= 15 is 0 Å². The van der Waals surface area contributed by atoms with Crippen molar-refractivity contribution in [3.63, 3.8) is 0 Å². The highest BCUT2D eigenvalue weighted by Crippen LogP contribution is 2.26. The second-order valence-electron chi connectivity index (χ2n) is 6.29. The van der Waals surface area contributed by atoms with Gasteiger partial charge in [0.1, 0.15) is 12.4 Å². The zero-order chi connectivity index (χ0) is 18.4. The lowest BCUT2D eigenvalue weighted by atomic mass is 9.97. The Morgan fingerprint density at radius 1 is 1.31 bits per heavy atom. The van der Waals surface area contributed by atoms with Gasteiger partial charge in [-0.25, -0.2) is 9.78 Å². The van der Waals surface area contributed by atoms with E-state index in [2.05, 4.69) is 24.6 Å². The highest BCUT2D eigenvalue weighted by molar-refractivity contribution is 5.82. The second kappa shape index (κ2) is 8.46. The van der Waals surface area contributed by atoms with Gasteiger partial charge in [0.15, 0.2) is 0 Å². The van der Waals surface area contributed by atoms with Gasteiger partial charge >= 0.3 is 6.09 Å². The number of carbonyl (C=O) groups excluding carboxylic acids is 2. The number of nitrogens with zero attached hydrogens (tertiary/aromatic N) is 4. The van der Waals surface area contributed by atoms with Gasteiger partial charge in [0, 0.05) is 50.3 Å². The number of ether oxygens (including phenoxy) is 1. The van der Waals surface area contributed by atoms with Gasteiger partial charge in [0.25, 0.3) is 0 Å². The number of nitrogens with one attached hydrogen (secondary N) is 1. The summed E-state index contributed by atoms with van der Waals surface area (Å²) in [6.07, 6.45) is 8.63. The quantitative estimate of drug-likeness (QED) is 0.873. The maximum absolute atomic E-state index is 12.3. The Bertz CT molecular complexity index is 746. The first-order chi connectivity index (χ1) is 12.7. The van der Waals surface area contributed by atoms with Crippen molar-refractivity contribution in [3.8, 4) is 0 Å². The Kier molecular flexibility index (Phi) is 5.83. The van der Waals surface area contributed by atoms with Crippen molar-refractivity contribution in [2.45, 2.75) is 25.3 Å². The smallest absolute Gasteiger partial charge is 0.407 e. The molecule has 0 bridgehead atoms. The van der Waals surface area contributed by atoms with Crippen LogP contribution in [0.5, 0.6) is 0 Å². The van der Waals surface area contributed by atoms with Gasteiger partial charge in [0.2, 0.25) is 5.91 Å². The lowest BCUT2D eigenvalue weighted by Gasteiger charge is -2.32. The summed E-state index contributed by atoms with van der Waals surface area (Å²) in [5.74, 6) is 1.07. The number of amides is 2. The maximum atomic E-state index is 12.3. The molecule has 0 aromatic carbocycles. The van der Waals surface area contributed by atoms with Crippen LogP contribution in [-0.4, -0.2) is 58.2 Å². The fourth-order valence-corrected chi connectivity index (χ4v) is 3.25. The average Bonchev–Trinajstić information content (AvgIpc) is 3.14. The standard InChI is InChI=1S/C18H23N5O3/c1-26-18(25)21-11-16(24)22-9-2-3-15(13-22)17-20-8-10-23(17)12-14-4-6-19-7-5-14/h4-8,10,15H,2-3,9,11-13H2,1H3,(H,21,25)/t15-/m1/s1. The number of aromatic nitrogens is 3. The van der Waals surface area contributed by atoms with Crippen LogP contribution in [0.3, 0.4) is 0 Å². The first-order valence-corrected chi connectivity index (χ1v) is 8.67. The van der Waals surface area contributed by atoms with Crippen LogP contribution < -0.4 is 5.32 Å². The van der Waals surface area contributed by atoms with E-state index in [1.807, 2.05) is 18.3 Å². The van der Waals surface area contributed by atoms with Crippen LogP contribution in [0.1, 0.15) is 30.1 Å². The molecular weight excluding hydrogens is 334 g/mol. The molecule has 3 heterocycles. The molecule has 1 saturated heterocycles. The average molecular weight is 357 g/mol. The molecular formula is C18H23N5O3. The molecule has 0 unspecified atom stereocenters. The van der Waals surface area contributed by atoms with Crippen molar-refractivity contribution < 1.29 is 14.3 Å². The minimum atomic E-state index is -0.597. The molecule has 0 aliphatic carbocycles. The van der Waals surface area contributed by atoms with Gasteiger partial charge in [-0.3, -0.25) is 9.78 Å². The molecule has 0 radical (unpaired) electrons. The number of carbonyl (C=O) groups is 2. The van der Waals surface area contributed by atoms with Gasteiger partial charge in [-0.1, -0.05) is 0 Å². The molecule has 2 aromatic heterocycles. The molecule has 1 aliphatic heterocycles. The molecule has 1 fully saturated rings. The molecule has 2 aromatic rings. The Morgan fingerprint density at radius 2 is 2.12 bits per heavy atom. The summed E-state index contributed by atoms with van der Waals surface area (Å²) in [5.41, 5.74) is 1.16. The second-order valence-corrected chi connectivity index (χ2v) is 6.29. The molecule has 8 nitrogen and oxygen atoms in total. The number of hydrogen-bond acceptors (Lipinski definition) is 5. The van der Waals surface area contributed by atoms with Crippen molar-refractivity contribution in [1.82, 2.24) is 24.8 Å². The fourth-order valence-electron chi connectivity index (χ4n) is 3.25. The first-order valence-electron chi connectivity index (χ1n) is 8.67. The highest BCUT2D eigenvalue weighted by Gasteiger charge is 2.27. The molecule has 1 atom stereocenters. The van der Waals surface area contributed by atoms with Gasteiger partial charge in [0.05, 0.1) is 7.11 Å². The van der Waals surface area contributed by atoms with Gasteiger partial charge < -0.3 is 19.5 Å². The predicted octanol–water partition coefficient (Wildman–Crippen LogP) is 1.39. The van der Waals surface area contributed by atoms with Crippen LogP contribution in [0.25, 0.3) is 0 Å². The van der Waals surface area contributed by atoms with Crippen LogP contribution in [0, 0.1) is 0 Å². The van der Waals surface area contributed by atoms with Crippen molar-refractivity contribution in [1.29, 1.82) is 0 Å². The number of pyridine rings is 1. The zero-order valence-electron chi connectivity index (χ0n) is 14.8. The Labute approximate surface area is 152 Å². The minimum absolute atomic E-state index is 0.0507. The van der Waals surface area contributed by atoms with Crippen LogP contribution in [0.2, 0.25) is 0 Å². The van der Waals surface area contributed by atoms with E-state index < -0.39 is 6.09 Å². The number of rotatable bonds is 5. The lowest BCUT2D eigenvalue weighted by Crippen LogP contribution is -2.44. The minimum Gasteiger partial charge on any atom is -0.453 e. The van der Waals surface area contributed by atoms with Crippen molar-refractivity contribution >= 4 is 12.0 Å². The Balaban J connectivity index is 1.64. The van der Waals surface area contributed by atoms with E-state index in [0.29, 0.717) is 13.1 Å². The largest absolute Gasteiger partial charge is 0.453 e. The monoisotopic (exact) mass is 357 g/mol. The molecule has 1 aliphatic rings. The summed E-state index contributed by atoms with van der Waals surface area (Å²) in [5, 5.41) is 2.44. The molecule has 8 heteroatoms. The Hall–Kier alpha value is -2.90. The third-order valence-electron chi connectivity index (χ3n) is 4.56. The molecule has 3 rings (SSSR count). The van der Waals surface area contributed by atoms with Crippen LogP contribution >= 0.6 is 0 Å². The SMILES string of the molecule is COC(=O)NCC(=O)N1CCC[C@@H](c2nccn2Cc2ccncc2)C1. The lowest BCUT2D eigenvalue weighted by molar-refractivity contribution is -0.131. The normalized spacial score (nSPS) is 17.0. The number of piperidine rings is 1. The molecule has 1 N–H and O–H groups in total. The first kappa shape index (κ1) is 17.9. The summed E-state index contributed by atoms with van der Waals surface area (Å²) >= 11 is 0. The van der Waals surface area contributed by atoms with E-state index in [-0.39, 0.29) is 18.4 Å². The van der Waals surface area contributed by atoms with E-state index in [9.17, 15) is 9.59 Å². The summed E-state index contributed by atoms with van der Waals surface area (Å²) in [6, 6.07) is 3.97. The van der Waals surface area contributed by atoms with Gasteiger partial charge in [-0.05, 0) is 30.5 Å².